The van der Waals surface area contributed by atoms with Crippen LogP contribution in [0.3, 0.4) is 0 Å². The molecule has 0 heterocycles. The lowest BCUT2D eigenvalue weighted by molar-refractivity contribution is -0.140. The molecule has 17 heavy (non-hydrogen) atoms. The Bertz CT molecular complexity index is 218. The molecule has 102 valence electrons. The molecule has 0 radical (unpaired) electrons. The smallest absolute Gasteiger partial charge is 0.316 e. The Kier molecular flexibility index (Phi) is 5.73. The van der Waals surface area contributed by atoms with Gasteiger partial charge in [0, 0.05) is 12.6 Å². The summed E-state index contributed by atoms with van der Waals surface area (Å²) in [7, 11) is 1.81. The topological polar surface area (TPSA) is 15.3 Å². The molecule has 0 aromatic heterocycles. The zero-order valence-corrected chi connectivity index (χ0v) is 10.7. The summed E-state index contributed by atoms with van der Waals surface area (Å²) in [6.45, 7) is 4.17. The maximum atomic E-state index is 12.1. The van der Waals surface area contributed by atoms with E-state index in [-0.39, 0.29) is 6.54 Å². The second-order valence-electron chi connectivity index (χ2n) is 4.95. The van der Waals surface area contributed by atoms with Crippen LogP contribution in [-0.2, 0) is 0 Å². The molecule has 1 aliphatic carbocycles. The standard InChI is InChI=1S/C12H23F3N2/c1-3-7-16-9-10-4-5-11(10)17(2)8-6-12(13,14)15/h10-11,16H,3-9H2,1-2H3. The summed E-state index contributed by atoms with van der Waals surface area (Å²) in [4.78, 5) is 1.87. The van der Waals surface area contributed by atoms with E-state index in [0.717, 1.165) is 32.4 Å². The van der Waals surface area contributed by atoms with E-state index in [1.807, 2.05) is 11.9 Å². The summed E-state index contributed by atoms with van der Waals surface area (Å²) in [5.41, 5.74) is 0. The van der Waals surface area contributed by atoms with Crippen molar-refractivity contribution in [2.45, 2.75) is 44.8 Å². The molecular formula is C12H23F3N2. The molecule has 1 N–H and O–H groups in total. The maximum absolute atomic E-state index is 12.1. The number of hydrogen-bond donors (Lipinski definition) is 1. The van der Waals surface area contributed by atoms with Crippen molar-refractivity contribution >= 4 is 0 Å². The van der Waals surface area contributed by atoms with Crippen LogP contribution in [0.1, 0.15) is 32.6 Å². The van der Waals surface area contributed by atoms with Crippen LogP contribution in [0.5, 0.6) is 0 Å². The van der Waals surface area contributed by atoms with Crippen LogP contribution in [0.2, 0.25) is 0 Å². The number of rotatable bonds is 7. The zero-order valence-electron chi connectivity index (χ0n) is 10.7. The minimum absolute atomic E-state index is 0.123. The van der Waals surface area contributed by atoms with Gasteiger partial charge in [-0.3, -0.25) is 0 Å². The Balaban J connectivity index is 2.20. The van der Waals surface area contributed by atoms with E-state index in [9.17, 15) is 13.2 Å². The summed E-state index contributed by atoms with van der Waals surface area (Å²) < 4.78 is 36.3. The van der Waals surface area contributed by atoms with Crippen LogP contribution in [0.25, 0.3) is 0 Å². The van der Waals surface area contributed by atoms with Crippen molar-refractivity contribution < 1.29 is 13.2 Å². The van der Waals surface area contributed by atoms with Crippen molar-refractivity contribution in [3.63, 3.8) is 0 Å². The highest BCUT2D eigenvalue weighted by atomic mass is 19.4. The van der Waals surface area contributed by atoms with E-state index in [0.29, 0.717) is 12.0 Å². The molecular weight excluding hydrogens is 229 g/mol. The lowest BCUT2D eigenvalue weighted by Gasteiger charge is -2.43. The average molecular weight is 252 g/mol. The third-order valence-electron chi connectivity index (χ3n) is 3.52. The fourth-order valence-electron chi connectivity index (χ4n) is 2.30. The molecule has 2 unspecified atom stereocenters. The van der Waals surface area contributed by atoms with Crippen LogP contribution in [-0.4, -0.2) is 43.8 Å². The van der Waals surface area contributed by atoms with E-state index in [2.05, 4.69) is 12.2 Å². The van der Waals surface area contributed by atoms with Crippen molar-refractivity contribution in [1.29, 1.82) is 0 Å². The van der Waals surface area contributed by atoms with Gasteiger partial charge < -0.3 is 10.2 Å². The molecule has 0 bridgehead atoms. The normalized spacial score (nSPS) is 25.1. The van der Waals surface area contributed by atoms with Gasteiger partial charge >= 0.3 is 6.18 Å². The number of nitrogens with one attached hydrogen (secondary N) is 1. The van der Waals surface area contributed by atoms with Crippen molar-refractivity contribution in [3.05, 3.63) is 0 Å². The lowest BCUT2D eigenvalue weighted by atomic mass is 9.78. The molecule has 0 spiro atoms. The van der Waals surface area contributed by atoms with Crippen LogP contribution in [0, 0.1) is 5.92 Å². The molecule has 0 amide bonds. The fraction of sp³-hybridized carbons (Fsp3) is 1.00. The fourth-order valence-corrected chi connectivity index (χ4v) is 2.30. The van der Waals surface area contributed by atoms with Gasteiger partial charge in [0.2, 0.25) is 0 Å². The monoisotopic (exact) mass is 252 g/mol. The first-order chi connectivity index (χ1) is 7.94. The predicted octanol–water partition coefficient (Wildman–Crippen LogP) is 2.65. The van der Waals surface area contributed by atoms with Gasteiger partial charge in [-0.1, -0.05) is 6.92 Å². The number of alkyl halides is 3. The number of nitrogens with zero attached hydrogens (tertiary/aromatic N) is 1. The van der Waals surface area contributed by atoms with Gasteiger partial charge in [0.25, 0.3) is 0 Å². The molecule has 1 saturated carbocycles. The minimum Gasteiger partial charge on any atom is -0.316 e. The summed E-state index contributed by atoms with van der Waals surface area (Å²) in [6, 6.07) is 0.335. The molecule has 0 aliphatic heterocycles. The van der Waals surface area contributed by atoms with Gasteiger partial charge in [-0.2, -0.15) is 13.2 Å². The average Bonchev–Trinajstić information content (AvgIpc) is 2.19. The highest BCUT2D eigenvalue weighted by Crippen LogP contribution is 2.32. The van der Waals surface area contributed by atoms with E-state index in [1.54, 1.807) is 0 Å². The zero-order chi connectivity index (χ0) is 12.9. The quantitative estimate of drug-likeness (QED) is 0.701. The minimum atomic E-state index is -4.03. The van der Waals surface area contributed by atoms with Gasteiger partial charge in [-0.25, -0.2) is 0 Å². The molecule has 5 heteroatoms. The first-order valence-electron chi connectivity index (χ1n) is 6.41. The number of hydrogen-bond acceptors (Lipinski definition) is 2. The molecule has 0 aromatic carbocycles. The summed E-state index contributed by atoms with van der Waals surface area (Å²) in [6.07, 6.45) is -1.46. The van der Waals surface area contributed by atoms with Crippen molar-refractivity contribution in [2.24, 2.45) is 5.92 Å². The molecule has 0 saturated heterocycles. The van der Waals surface area contributed by atoms with Crippen molar-refractivity contribution in [2.75, 3.05) is 26.7 Å². The van der Waals surface area contributed by atoms with Gasteiger partial charge in [-0.05, 0) is 45.3 Å². The highest BCUT2D eigenvalue weighted by Gasteiger charge is 2.35. The first kappa shape index (κ1) is 14.8. The van der Waals surface area contributed by atoms with Crippen LogP contribution < -0.4 is 5.32 Å². The predicted molar refractivity (Wildman–Crippen MR) is 63.0 cm³/mol. The van der Waals surface area contributed by atoms with Gasteiger partial charge in [0.1, 0.15) is 0 Å². The van der Waals surface area contributed by atoms with Crippen LogP contribution >= 0.6 is 0 Å². The van der Waals surface area contributed by atoms with Gasteiger partial charge in [-0.15, -0.1) is 0 Å². The Morgan fingerprint density at radius 2 is 2.00 bits per heavy atom. The lowest BCUT2D eigenvalue weighted by Crippen LogP contribution is -2.49. The molecule has 2 atom stereocenters. The third-order valence-corrected chi connectivity index (χ3v) is 3.52. The Labute approximate surface area is 102 Å². The largest absolute Gasteiger partial charge is 0.390 e. The highest BCUT2D eigenvalue weighted by molar-refractivity contribution is 4.89. The van der Waals surface area contributed by atoms with Crippen molar-refractivity contribution in [1.82, 2.24) is 10.2 Å². The van der Waals surface area contributed by atoms with Crippen molar-refractivity contribution in [3.8, 4) is 0 Å². The van der Waals surface area contributed by atoms with Gasteiger partial charge in [0.15, 0.2) is 0 Å². The number of halogens is 3. The summed E-state index contributed by atoms with van der Waals surface area (Å²) in [5, 5.41) is 3.35. The van der Waals surface area contributed by atoms with E-state index >= 15 is 0 Å². The second kappa shape index (κ2) is 6.59. The Morgan fingerprint density at radius 3 is 2.47 bits per heavy atom. The summed E-state index contributed by atoms with van der Waals surface area (Å²) >= 11 is 0. The van der Waals surface area contributed by atoms with Gasteiger partial charge in [0.05, 0.1) is 6.42 Å². The van der Waals surface area contributed by atoms with Crippen LogP contribution in [0.15, 0.2) is 0 Å². The first-order valence-corrected chi connectivity index (χ1v) is 6.41. The second-order valence-corrected chi connectivity index (χ2v) is 4.95. The SMILES string of the molecule is CCCNCC1CCC1N(C)CCC(F)(F)F. The molecule has 0 aromatic rings. The molecule has 2 nitrogen and oxygen atoms in total. The van der Waals surface area contributed by atoms with E-state index < -0.39 is 12.6 Å². The van der Waals surface area contributed by atoms with E-state index in [4.69, 9.17) is 0 Å². The third kappa shape index (κ3) is 5.25. The van der Waals surface area contributed by atoms with Crippen LogP contribution in [0.4, 0.5) is 13.2 Å². The molecule has 1 fully saturated rings. The summed E-state index contributed by atoms with van der Waals surface area (Å²) in [5.74, 6) is 0.528. The Morgan fingerprint density at radius 1 is 1.29 bits per heavy atom. The maximum Gasteiger partial charge on any atom is 0.390 e. The molecule has 1 aliphatic rings. The molecule has 1 rings (SSSR count). The van der Waals surface area contributed by atoms with E-state index in [1.165, 1.54) is 0 Å². The Hall–Kier alpha value is -0.290.